The van der Waals surface area contributed by atoms with Gasteiger partial charge in [0.1, 0.15) is 0 Å². The topological polar surface area (TPSA) is 88.1 Å². The number of nitrogens with zero attached hydrogens (tertiary/aromatic N) is 2. The number of ether oxygens (including phenoxy) is 1. The lowest BCUT2D eigenvalue weighted by atomic mass is 10.2. The Balaban J connectivity index is 1.63. The predicted octanol–water partition coefficient (Wildman–Crippen LogP) is 2.14. The molecule has 1 heterocycles. The zero-order valence-corrected chi connectivity index (χ0v) is 16.0. The highest BCUT2D eigenvalue weighted by atomic mass is 32.2. The van der Waals surface area contributed by atoms with Crippen molar-refractivity contribution >= 4 is 28.2 Å². The summed E-state index contributed by atoms with van der Waals surface area (Å²) in [5.74, 6) is -0.483. The van der Waals surface area contributed by atoms with Gasteiger partial charge in [0, 0.05) is 24.9 Å². The summed E-state index contributed by atoms with van der Waals surface area (Å²) >= 11 is 0. The smallest absolute Gasteiger partial charge is 0.271 e. The molecule has 7 nitrogen and oxygen atoms in total. The Morgan fingerprint density at radius 3 is 2.57 bits per heavy atom. The summed E-state index contributed by atoms with van der Waals surface area (Å²) in [5.41, 5.74) is 3.63. The predicted molar refractivity (Wildman–Crippen MR) is 107 cm³/mol. The highest BCUT2D eigenvalue weighted by Gasteiger charge is 2.26. The van der Waals surface area contributed by atoms with E-state index >= 15 is 0 Å². The van der Waals surface area contributed by atoms with Crippen molar-refractivity contribution in [2.24, 2.45) is 5.10 Å². The minimum atomic E-state index is -3.65. The van der Waals surface area contributed by atoms with Crippen molar-refractivity contribution in [3.63, 3.8) is 0 Å². The van der Waals surface area contributed by atoms with Gasteiger partial charge in [-0.1, -0.05) is 42.5 Å². The van der Waals surface area contributed by atoms with Gasteiger partial charge in [-0.15, -0.1) is 0 Å². The van der Waals surface area contributed by atoms with Gasteiger partial charge in [0.05, 0.1) is 18.1 Å². The number of morpholine rings is 1. The van der Waals surface area contributed by atoms with Crippen LogP contribution in [0.4, 0.5) is 0 Å². The molecule has 1 saturated heterocycles. The molecule has 1 fully saturated rings. The van der Waals surface area contributed by atoms with E-state index in [4.69, 9.17) is 4.74 Å². The molecule has 3 rings (SSSR count). The molecule has 0 saturated carbocycles. The van der Waals surface area contributed by atoms with Crippen molar-refractivity contribution in [3.05, 3.63) is 71.8 Å². The molecule has 0 bridgehead atoms. The van der Waals surface area contributed by atoms with Crippen LogP contribution >= 0.6 is 0 Å². The monoisotopic (exact) mass is 399 g/mol. The lowest BCUT2D eigenvalue weighted by Gasteiger charge is -2.26. The number of allylic oxidation sites excluding steroid dienone is 1. The van der Waals surface area contributed by atoms with Gasteiger partial charge >= 0.3 is 0 Å². The van der Waals surface area contributed by atoms with E-state index in [1.165, 1.54) is 22.7 Å². The fraction of sp³-hybridized carbons (Fsp3) is 0.200. The van der Waals surface area contributed by atoms with Crippen molar-refractivity contribution in [3.8, 4) is 0 Å². The van der Waals surface area contributed by atoms with Crippen LogP contribution in [0.25, 0.3) is 6.08 Å². The van der Waals surface area contributed by atoms with E-state index in [-0.39, 0.29) is 10.5 Å². The molecule has 1 N–H and O–H groups in total. The summed E-state index contributed by atoms with van der Waals surface area (Å²) in [7, 11) is -3.65. The number of hydrogen-bond acceptors (Lipinski definition) is 5. The zero-order chi connectivity index (χ0) is 19.8. The summed E-state index contributed by atoms with van der Waals surface area (Å²) < 4.78 is 31.9. The maximum absolute atomic E-state index is 12.7. The maximum Gasteiger partial charge on any atom is 0.271 e. The Morgan fingerprint density at radius 2 is 1.82 bits per heavy atom. The van der Waals surface area contributed by atoms with Crippen LogP contribution in [0.15, 0.2) is 70.7 Å². The Bertz CT molecular complexity index is 966. The van der Waals surface area contributed by atoms with Crippen molar-refractivity contribution in [2.45, 2.75) is 4.90 Å². The first-order chi connectivity index (χ1) is 13.6. The molecule has 0 aromatic heterocycles. The highest BCUT2D eigenvalue weighted by molar-refractivity contribution is 7.89. The molecule has 0 spiro atoms. The number of rotatable bonds is 6. The van der Waals surface area contributed by atoms with Crippen LogP contribution in [0.1, 0.15) is 15.9 Å². The summed E-state index contributed by atoms with van der Waals surface area (Å²) in [6, 6.07) is 15.6. The molecule has 8 heteroatoms. The van der Waals surface area contributed by atoms with Gasteiger partial charge in [-0.25, -0.2) is 13.8 Å². The number of carbonyl (C=O) groups excluding carboxylic acids is 1. The van der Waals surface area contributed by atoms with Crippen LogP contribution in [0, 0.1) is 0 Å². The molecule has 0 unspecified atom stereocenters. The third kappa shape index (κ3) is 5.13. The van der Waals surface area contributed by atoms with E-state index < -0.39 is 15.9 Å². The highest BCUT2D eigenvalue weighted by Crippen LogP contribution is 2.18. The first-order valence-electron chi connectivity index (χ1n) is 8.80. The Morgan fingerprint density at radius 1 is 1.07 bits per heavy atom. The second-order valence-electron chi connectivity index (χ2n) is 6.03. The lowest BCUT2D eigenvalue weighted by Crippen LogP contribution is -2.40. The SMILES string of the molecule is O=C(N/N=C\C=C\c1ccccc1)c1cccc(S(=O)(=O)N2CCOCC2)c1. The third-order valence-electron chi connectivity index (χ3n) is 4.12. The Kier molecular flexibility index (Phi) is 6.70. The summed E-state index contributed by atoms with van der Waals surface area (Å²) in [5, 5.41) is 3.86. The maximum atomic E-state index is 12.7. The molecule has 2 aromatic carbocycles. The number of nitrogens with one attached hydrogen (secondary N) is 1. The minimum Gasteiger partial charge on any atom is -0.379 e. The van der Waals surface area contributed by atoms with Crippen LogP contribution in [0.3, 0.4) is 0 Å². The van der Waals surface area contributed by atoms with Crippen LogP contribution in [0.5, 0.6) is 0 Å². The molecule has 0 aliphatic carbocycles. The van der Waals surface area contributed by atoms with Gasteiger partial charge < -0.3 is 4.74 Å². The van der Waals surface area contributed by atoms with Crippen LogP contribution in [-0.2, 0) is 14.8 Å². The summed E-state index contributed by atoms with van der Waals surface area (Å²) in [6.45, 7) is 1.34. The van der Waals surface area contributed by atoms with Gasteiger partial charge in [-0.05, 0) is 29.8 Å². The second-order valence-corrected chi connectivity index (χ2v) is 7.97. The van der Waals surface area contributed by atoms with Crippen molar-refractivity contribution in [1.29, 1.82) is 0 Å². The van der Waals surface area contributed by atoms with Crippen molar-refractivity contribution < 1.29 is 17.9 Å². The van der Waals surface area contributed by atoms with Gasteiger partial charge in [-0.3, -0.25) is 4.79 Å². The fourth-order valence-electron chi connectivity index (χ4n) is 2.66. The molecule has 0 radical (unpaired) electrons. The van der Waals surface area contributed by atoms with E-state index in [1.54, 1.807) is 18.2 Å². The average molecular weight is 399 g/mol. The number of sulfonamides is 1. The van der Waals surface area contributed by atoms with Crippen LogP contribution in [0.2, 0.25) is 0 Å². The first kappa shape index (κ1) is 19.9. The van der Waals surface area contributed by atoms with E-state index in [0.29, 0.717) is 26.3 Å². The standard InChI is InChI=1S/C20H21N3O4S/c24-20(22-21-11-5-8-17-6-2-1-3-7-17)18-9-4-10-19(16-18)28(25,26)23-12-14-27-15-13-23/h1-11,16H,12-15H2,(H,22,24)/b8-5+,21-11-. The minimum absolute atomic E-state index is 0.0787. The van der Waals surface area contributed by atoms with Crippen LogP contribution < -0.4 is 5.43 Å². The van der Waals surface area contributed by atoms with E-state index in [0.717, 1.165) is 5.56 Å². The van der Waals surface area contributed by atoms with Gasteiger partial charge in [-0.2, -0.15) is 9.41 Å². The molecule has 1 aliphatic rings. The summed E-state index contributed by atoms with van der Waals surface area (Å²) in [6.07, 6.45) is 5.01. The van der Waals surface area contributed by atoms with E-state index in [1.807, 2.05) is 36.4 Å². The van der Waals surface area contributed by atoms with Gasteiger partial charge in [0.15, 0.2) is 0 Å². The van der Waals surface area contributed by atoms with Gasteiger partial charge in [0.25, 0.3) is 5.91 Å². The largest absolute Gasteiger partial charge is 0.379 e. The van der Waals surface area contributed by atoms with Crippen LogP contribution in [-0.4, -0.2) is 51.1 Å². The third-order valence-corrected chi connectivity index (χ3v) is 6.01. The molecule has 1 amide bonds. The molecule has 1 aliphatic heterocycles. The van der Waals surface area contributed by atoms with E-state index in [9.17, 15) is 13.2 Å². The Hall–Kier alpha value is -2.81. The molecular weight excluding hydrogens is 378 g/mol. The summed E-state index contributed by atoms with van der Waals surface area (Å²) in [4.78, 5) is 12.3. The zero-order valence-electron chi connectivity index (χ0n) is 15.2. The molecular formula is C20H21N3O4S. The normalized spacial score (nSPS) is 15.9. The quantitative estimate of drug-likeness (QED) is 0.595. The number of benzene rings is 2. The second kappa shape index (κ2) is 9.41. The molecule has 0 atom stereocenters. The van der Waals surface area contributed by atoms with Gasteiger partial charge in [0.2, 0.25) is 10.0 Å². The Labute approximate surface area is 164 Å². The van der Waals surface area contributed by atoms with Crippen molar-refractivity contribution in [1.82, 2.24) is 9.73 Å². The number of amides is 1. The van der Waals surface area contributed by atoms with E-state index in [2.05, 4.69) is 10.5 Å². The number of hydrogen-bond donors (Lipinski definition) is 1. The number of hydrazone groups is 1. The molecule has 28 heavy (non-hydrogen) atoms. The fourth-order valence-corrected chi connectivity index (χ4v) is 4.11. The first-order valence-corrected chi connectivity index (χ1v) is 10.2. The molecule has 2 aromatic rings. The number of carbonyl (C=O) groups is 1. The molecule has 146 valence electrons. The average Bonchev–Trinajstić information content (AvgIpc) is 2.75. The van der Waals surface area contributed by atoms with Crippen molar-refractivity contribution in [2.75, 3.05) is 26.3 Å². The lowest BCUT2D eigenvalue weighted by molar-refractivity contribution is 0.0730.